The number of amides is 1. The van der Waals surface area contributed by atoms with Gasteiger partial charge < -0.3 is 9.64 Å². The molecular formula is C18H18FN7O2. The Balaban J connectivity index is 1.45. The number of cyclic esters (lactones) is 1. The van der Waals surface area contributed by atoms with E-state index in [0.29, 0.717) is 44.1 Å². The minimum absolute atomic E-state index is 0.309. The SMILES string of the molecule is C#CCN1CCN(c2ccc(N3C[C@H](Cn4ccnn4)OC3=O)cc2F)C=N1. The van der Waals surface area contributed by atoms with Crippen LogP contribution in [0.2, 0.25) is 0 Å². The Kier molecular flexibility index (Phi) is 4.80. The number of rotatable bonds is 5. The normalized spacial score (nSPS) is 19.1. The minimum atomic E-state index is -0.512. The van der Waals surface area contributed by atoms with Crippen molar-refractivity contribution in [1.82, 2.24) is 20.0 Å². The summed E-state index contributed by atoms with van der Waals surface area (Å²) in [6.45, 7) is 2.28. The molecule has 9 nitrogen and oxygen atoms in total. The summed E-state index contributed by atoms with van der Waals surface area (Å²) in [6.07, 6.45) is 9.18. The van der Waals surface area contributed by atoms with E-state index in [2.05, 4.69) is 21.3 Å². The summed E-state index contributed by atoms with van der Waals surface area (Å²) in [5.74, 6) is 2.08. The summed E-state index contributed by atoms with van der Waals surface area (Å²) < 4.78 is 21.6. The quantitative estimate of drug-likeness (QED) is 0.721. The molecule has 4 rings (SSSR count). The van der Waals surface area contributed by atoms with Crippen molar-refractivity contribution < 1.29 is 13.9 Å². The lowest BCUT2D eigenvalue weighted by atomic mass is 10.2. The molecule has 0 unspecified atom stereocenters. The molecule has 2 aliphatic rings. The van der Waals surface area contributed by atoms with Gasteiger partial charge in [-0.25, -0.2) is 13.9 Å². The van der Waals surface area contributed by atoms with Crippen LogP contribution in [-0.4, -0.2) is 64.7 Å². The zero-order valence-corrected chi connectivity index (χ0v) is 15.0. The number of hydrogen-bond acceptors (Lipinski definition) is 7. The van der Waals surface area contributed by atoms with E-state index in [1.807, 2.05) is 0 Å². The van der Waals surface area contributed by atoms with Crippen molar-refractivity contribution >= 4 is 23.8 Å². The number of carbonyl (C=O) groups is 1. The molecule has 144 valence electrons. The summed E-state index contributed by atoms with van der Waals surface area (Å²) in [7, 11) is 0. The molecule has 1 atom stereocenters. The maximum absolute atomic E-state index is 14.7. The highest BCUT2D eigenvalue weighted by Gasteiger charge is 2.33. The van der Waals surface area contributed by atoms with Gasteiger partial charge in [0.05, 0.1) is 43.8 Å². The van der Waals surface area contributed by atoms with Crippen LogP contribution >= 0.6 is 0 Å². The Bertz CT molecular complexity index is 925. The van der Waals surface area contributed by atoms with E-state index >= 15 is 0 Å². The van der Waals surface area contributed by atoms with Crippen molar-refractivity contribution in [3.05, 3.63) is 36.4 Å². The van der Waals surface area contributed by atoms with Crippen LogP contribution in [0.3, 0.4) is 0 Å². The number of hydrogen-bond donors (Lipinski definition) is 0. The molecule has 0 N–H and O–H groups in total. The summed E-state index contributed by atoms with van der Waals surface area (Å²) in [4.78, 5) is 15.3. The molecule has 1 aromatic carbocycles. The second-order valence-electron chi connectivity index (χ2n) is 6.39. The highest BCUT2D eigenvalue weighted by atomic mass is 19.1. The number of aromatic nitrogens is 3. The van der Waals surface area contributed by atoms with Crippen molar-refractivity contribution in [3.8, 4) is 12.3 Å². The van der Waals surface area contributed by atoms with Crippen molar-refractivity contribution in [2.24, 2.45) is 5.10 Å². The Morgan fingerprint density at radius 1 is 1.36 bits per heavy atom. The Morgan fingerprint density at radius 2 is 2.25 bits per heavy atom. The van der Waals surface area contributed by atoms with Gasteiger partial charge in [-0.1, -0.05) is 11.1 Å². The molecule has 3 heterocycles. The smallest absolute Gasteiger partial charge is 0.414 e. The zero-order chi connectivity index (χ0) is 19.5. The van der Waals surface area contributed by atoms with Crippen molar-refractivity contribution in [3.63, 3.8) is 0 Å². The fraction of sp³-hybridized carbons (Fsp3) is 0.333. The molecule has 1 fully saturated rings. The highest BCUT2D eigenvalue weighted by Crippen LogP contribution is 2.28. The summed E-state index contributed by atoms with van der Waals surface area (Å²) >= 11 is 0. The number of anilines is 2. The van der Waals surface area contributed by atoms with Gasteiger partial charge in [0.2, 0.25) is 0 Å². The third-order valence-electron chi connectivity index (χ3n) is 4.52. The first-order chi connectivity index (χ1) is 13.6. The van der Waals surface area contributed by atoms with Crippen LogP contribution in [0.15, 0.2) is 35.7 Å². The zero-order valence-electron chi connectivity index (χ0n) is 15.0. The maximum Gasteiger partial charge on any atom is 0.414 e. The number of carbonyl (C=O) groups excluding carboxylic acids is 1. The third-order valence-corrected chi connectivity index (χ3v) is 4.52. The Hall–Kier alpha value is -3.61. The van der Waals surface area contributed by atoms with E-state index in [1.54, 1.807) is 45.5 Å². The van der Waals surface area contributed by atoms with E-state index in [0.717, 1.165) is 0 Å². The number of halogens is 1. The molecule has 2 aliphatic heterocycles. The summed E-state index contributed by atoms with van der Waals surface area (Å²) in [5, 5.41) is 13.5. The van der Waals surface area contributed by atoms with Gasteiger partial charge >= 0.3 is 6.09 Å². The highest BCUT2D eigenvalue weighted by molar-refractivity contribution is 5.90. The van der Waals surface area contributed by atoms with Gasteiger partial charge in [0.1, 0.15) is 18.3 Å². The van der Waals surface area contributed by atoms with Crippen LogP contribution in [0.5, 0.6) is 0 Å². The molecular weight excluding hydrogens is 365 g/mol. The second kappa shape index (κ2) is 7.56. The molecule has 0 aliphatic carbocycles. The van der Waals surface area contributed by atoms with Gasteiger partial charge in [0.15, 0.2) is 0 Å². The molecule has 2 aromatic rings. The lowest BCUT2D eigenvalue weighted by molar-refractivity contribution is 0.129. The average Bonchev–Trinajstić information content (AvgIpc) is 3.32. The predicted molar refractivity (Wildman–Crippen MR) is 100 cm³/mol. The monoisotopic (exact) mass is 383 g/mol. The molecule has 0 saturated carbocycles. The number of terminal acetylenes is 1. The van der Waals surface area contributed by atoms with Crippen molar-refractivity contribution in [2.75, 3.05) is 36.0 Å². The number of hydrazone groups is 1. The van der Waals surface area contributed by atoms with Crippen LogP contribution < -0.4 is 9.80 Å². The van der Waals surface area contributed by atoms with Crippen LogP contribution in [0.4, 0.5) is 20.6 Å². The first-order valence-corrected chi connectivity index (χ1v) is 8.75. The Morgan fingerprint density at radius 3 is 2.93 bits per heavy atom. The maximum atomic E-state index is 14.7. The molecule has 0 radical (unpaired) electrons. The largest absolute Gasteiger partial charge is 0.442 e. The molecule has 1 saturated heterocycles. The number of ether oxygens (including phenoxy) is 1. The molecule has 1 amide bonds. The van der Waals surface area contributed by atoms with Crippen LogP contribution in [0, 0.1) is 18.2 Å². The van der Waals surface area contributed by atoms with Crippen LogP contribution in [0.1, 0.15) is 0 Å². The van der Waals surface area contributed by atoms with E-state index < -0.39 is 11.9 Å². The number of nitrogens with zero attached hydrogens (tertiary/aromatic N) is 7. The van der Waals surface area contributed by atoms with E-state index in [9.17, 15) is 9.18 Å². The molecule has 0 bridgehead atoms. The van der Waals surface area contributed by atoms with E-state index in [4.69, 9.17) is 11.2 Å². The average molecular weight is 383 g/mol. The van der Waals surface area contributed by atoms with E-state index in [-0.39, 0.29) is 6.10 Å². The first kappa shape index (κ1) is 17.8. The van der Waals surface area contributed by atoms with Gasteiger partial charge in [-0.05, 0) is 18.2 Å². The summed E-state index contributed by atoms with van der Waals surface area (Å²) in [6, 6.07) is 4.65. The molecule has 10 heteroatoms. The van der Waals surface area contributed by atoms with Crippen LogP contribution in [0.25, 0.3) is 0 Å². The minimum Gasteiger partial charge on any atom is -0.442 e. The van der Waals surface area contributed by atoms with Crippen molar-refractivity contribution in [2.45, 2.75) is 12.6 Å². The van der Waals surface area contributed by atoms with Crippen LogP contribution in [-0.2, 0) is 11.3 Å². The molecule has 28 heavy (non-hydrogen) atoms. The van der Waals surface area contributed by atoms with Gasteiger partial charge in [0.25, 0.3) is 0 Å². The predicted octanol–water partition coefficient (Wildman–Crippen LogP) is 1.14. The van der Waals surface area contributed by atoms with Gasteiger partial charge in [-0.2, -0.15) is 5.10 Å². The molecule has 0 spiro atoms. The second-order valence-corrected chi connectivity index (χ2v) is 6.39. The van der Waals surface area contributed by atoms with Crippen molar-refractivity contribution in [1.29, 1.82) is 0 Å². The fourth-order valence-electron chi connectivity index (χ4n) is 3.14. The third kappa shape index (κ3) is 3.59. The lowest BCUT2D eigenvalue weighted by Gasteiger charge is -2.29. The number of benzene rings is 1. The Labute approximate surface area is 161 Å². The van der Waals surface area contributed by atoms with Gasteiger partial charge in [0, 0.05) is 12.7 Å². The van der Waals surface area contributed by atoms with Gasteiger partial charge in [-0.15, -0.1) is 11.5 Å². The fourth-order valence-corrected chi connectivity index (χ4v) is 3.14. The molecule has 1 aromatic heterocycles. The lowest BCUT2D eigenvalue weighted by Crippen LogP contribution is -2.38. The van der Waals surface area contributed by atoms with Gasteiger partial charge in [-0.3, -0.25) is 9.91 Å². The standard InChI is InChI=1S/C18H18FN7O2/c1-2-6-24-9-8-23(13-21-24)17-4-3-14(10-16(17)19)26-12-15(28-18(26)27)11-25-7-5-20-22-25/h1,3-5,7,10,13,15H,6,8-9,11-12H2/t15-/m0/s1. The summed E-state index contributed by atoms with van der Waals surface area (Å²) in [5.41, 5.74) is 0.829. The van der Waals surface area contributed by atoms with E-state index in [1.165, 1.54) is 11.0 Å². The topological polar surface area (TPSA) is 79.1 Å². The first-order valence-electron chi connectivity index (χ1n) is 8.75.